The molecule has 2 heterocycles. The fourth-order valence-electron chi connectivity index (χ4n) is 4.23. The number of carbonyl (C=O) groups is 2. The van der Waals surface area contributed by atoms with Gasteiger partial charge >= 0.3 is 0 Å². The Balaban J connectivity index is 1.75. The first-order valence-corrected chi connectivity index (χ1v) is 11.2. The standard InChI is InChI=1S/C25H27ClN2O3/c1-3-15-31-21-12-6-18(7-13-21)22-23(27-14-4-5-17(2)16-27)25(30)28(24(22)29)20-10-8-19(26)9-11-20/h6-13,17H,3-5,14-16H2,1-2H3. The van der Waals surface area contributed by atoms with Crippen molar-refractivity contribution in [3.05, 3.63) is 64.8 Å². The van der Waals surface area contributed by atoms with Crippen LogP contribution in [0.5, 0.6) is 5.75 Å². The molecule has 1 saturated heterocycles. The van der Waals surface area contributed by atoms with Gasteiger partial charge in [-0.15, -0.1) is 0 Å². The first kappa shape index (κ1) is 21.4. The molecule has 0 radical (unpaired) electrons. The van der Waals surface area contributed by atoms with Crippen molar-refractivity contribution in [3.63, 3.8) is 0 Å². The summed E-state index contributed by atoms with van der Waals surface area (Å²) in [7, 11) is 0. The monoisotopic (exact) mass is 438 g/mol. The first-order valence-electron chi connectivity index (χ1n) is 10.9. The van der Waals surface area contributed by atoms with Crippen LogP contribution in [0, 0.1) is 5.92 Å². The zero-order valence-electron chi connectivity index (χ0n) is 17.9. The van der Waals surface area contributed by atoms with Crippen LogP contribution in [0.25, 0.3) is 5.57 Å². The second kappa shape index (κ2) is 9.15. The largest absolute Gasteiger partial charge is 0.494 e. The Hall–Kier alpha value is -2.79. The molecule has 2 aromatic rings. The highest BCUT2D eigenvalue weighted by Gasteiger charge is 2.43. The van der Waals surface area contributed by atoms with Crippen LogP contribution in [-0.2, 0) is 9.59 Å². The number of nitrogens with zero attached hydrogens (tertiary/aromatic N) is 2. The third-order valence-electron chi connectivity index (χ3n) is 5.73. The molecule has 4 rings (SSSR count). The fourth-order valence-corrected chi connectivity index (χ4v) is 4.35. The fraction of sp³-hybridized carbons (Fsp3) is 0.360. The van der Waals surface area contributed by atoms with E-state index in [1.165, 1.54) is 4.90 Å². The minimum absolute atomic E-state index is 0.275. The molecule has 1 fully saturated rings. The van der Waals surface area contributed by atoms with Gasteiger partial charge in [0.25, 0.3) is 11.8 Å². The topological polar surface area (TPSA) is 49.9 Å². The van der Waals surface area contributed by atoms with Crippen molar-refractivity contribution in [2.24, 2.45) is 5.92 Å². The van der Waals surface area contributed by atoms with Crippen molar-refractivity contribution < 1.29 is 14.3 Å². The lowest BCUT2D eigenvalue weighted by atomic mass is 9.97. The summed E-state index contributed by atoms with van der Waals surface area (Å²) >= 11 is 6.01. The molecule has 0 aliphatic carbocycles. The van der Waals surface area contributed by atoms with Crippen LogP contribution in [0.3, 0.4) is 0 Å². The number of likely N-dealkylation sites (tertiary alicyclic amines) is 1. The summed E-state index contributed by atoms with van der Waals surface area (Å²) in [6, 6.07) is 14.2. The molecule has 2 aromatic carbocycles. The van der Waals surface area contributed by atoms with Crippen molar-refractivity contribution in [1.29, 1.82) is 0 Å². The molecule has 31 heavy (non-hydrogen) atoms. The molecule has 0 aromatic heterocycles. The molecule has 0 spiro atoms. The predicted molar refractivity (Wildman–Crippen MR) is 123 cm³/mol. The van der Waals surface area contributed by atoms with Gasteiger partial charge in [-0.1, -0.05) is 37.6 Å². The summed E-state index contributed by atoms with van der Waals surface area (Å²) < 4.78 is 5.68. The molecule has 2 amide bonds. The quantitative estimate of drug-likeness (QED) is 0.585. The summed E-state index contributed by atoms with van der Waals surface area (Å²) in [5, 5.41) is 0.559. The van der Waals surface area contributed by atoms with Crippen molar-refractivity contribution in [2.75, 3.05) is 24.6 Å². The summed E-state index contributed by atoms with van der Waals surface area (Å²) in [4.78, 5) is 30.4. The lowest BCUT2D eigenvalue weighted by Crippen LogP contribution is -2.39. The van der Waals surface area contributed by atoms with Gasteiger partial charge in [-0.3, -0.25) is 9.59 Å². The number of hydrogen-bond donors (Lipinski definition) is 0. The molecule has 6 heteroatoms. The first-order chi connectivity index (χ1) is 15.0. The molecule has 162 valence electrons. The Bertz CT molecular complexity index is 998. The van der Waals surface area contributed by atoms with Crippen LogP contribution in [0.4, 0.5) is 5.69 Å². The maximum atomic E-state index is 13.5. The third-order valence-corrected chi connectivity index (χ3v) is 5.99. The zero-order chi connectivity index (χ0) is 22.0. The van der Waals surface area contributed by atoms with E-state index in [0.717, 1.165) is 43.7 Å². The van der Waals surface area contributed by atoms with E-state index in [-0.39, 0.29) is 11.8 Å². The third kappa shape index (κ3) is 4.33. The minimum Gasteiger partial charge on any atom is -0.494 e. The molecule has 5 nitrogen and oxygen atoms in total. The van der Waals surface area contributed by atoms with Crippen LogP contribution in [0.1, 0.15) is 38.7 Å². The van der Waals surface area contributed by atoms with Crippen molar-refractivity contribution in [3.8, 4) is 5.75 Å². The second-order valence-corrected chi connectivity index (χ2v) is 8.65. The van der Waals surface area contributed by atoms with Gasteiger partial charge in [0.2, 0.25) is 0 Å². The normalized spacial score (nSPS) is 19.4. The maximum absolute atomic E-state index is 13.5. The van der Waals surface area contributed by atoms with Gasteiger partial charge in [-0.05, 0) is 67.1 Å². The lowest BCUT2D eigenvalue weighted by Gasteiger charge is -2.33. The van der Waals surface area contributed by atoms with Gasteiger partial charge in [0.15, 0.2) is 0 Å². The summed E-state index contributed by atoms with van der Waals surface area (Å²) in [5.41, 5.74) is 2.21. The predicted octanol–water partition coefficient (Wildman–Crippen LogP) is 5.15. The number of amides is 2. The van der Waals surface area contributed by atoms with Crippen LogP contribution in [-0.4, -0.2) is 36.4 Å². The molecule has 1 unspecified atom stereocenters. The highest BCUT2D eigenvalue weighted by Crippen LogP contribution is 2.37. The van der Waals surface area contributed by atoms with Crippen LogP contribution < -0.4 is 9.64 Å². The number of piperidine rings is 1. The SMILES string of the molecule is CCCOc1ccc(C2=C(N3CCCC(C)C3)C(=O)N(c3ccc(Cl)cc3)C2=O)cc1. The lowest BCUT2D eigenvalue weighted by molar-refractivity contribution is -0.120. The summed E-state index contributed by atoms with van der Waals surface area (Å²) in [6.45, 7) is 6.42. The average Bonchev–Trinajstić information content (AvgIpc) is 3.03. The highest BCUT2D eigenvalue weighted by molar-refractivity contribution is 6.45. The van der Waals surface area contributed by atoms with Crippen LogP contribution in [0.2, 0.25) is 5.02 Å². The zero-order valence-corrected chi connectivity index (χ0v) is 18.7. The molecule has 1 atom stereocenters. The Labute approximate surface area is 188 Å². The van der Waals surface area contributed by atoms with Gasteiger partial charge in [0.1, 0.15) is 11.4 Å². The summed E-state index contributed by atoms with van der Waals surface area (Å²) in [5.74, 6) is 0.649. The van der Waals surface area contributed by atoms with E-state index in [1.54, 1.807) is 24.3 Å². The van der Waals surface area contributed by atoms with Crippen LogP contribution >= 0.6 is 11.6 Å². The van der Waals surface area contributed by atoms with E-state index in [0.29, 0.717) is 34.5 Å². The molecular formula is C25H27ClN2O3. The Kier molecular flexibility index (Phi) is 6.33. The maximum Gasteiger partial charge on any atom is 0.282 e. The number of hydrogen-bond acceptors (Lipinski definition) is 4. The molecule has 0 bridgehead atoms. The molecular weight excluding hydrogens is 412 g/mol. The van der Waals surface area contributed by atoms with E-state index in [2.05, 4.69) is 18.7 Å². The second-order valence-electron chi connectivity index (χ2n) is 8.21. The van der Waals surface area contributed by atoms with Crippen molar-refractivity contribution >= 4 is 34.7 Å². The van der Waals surface area contributed by atoms with E-state index >= 15 is 0 Å². The number of benzene rings is 2. The Morgan fingerprint density at radius 3 is 2.39 bits per heavy atom. The van der Waals surface area contributed by atoms with Crippen molar-refractivity contribution in [1.82, 2.24) is 4.90 Å². The molecule has 0 N–H and O–H groups in total. The minimum atomic E-state index is -0.303. The number of rotatable bonds is 6. The number of imide groups is 1. The van der Waals surface area contributed by atoms with Gasteiger partial charge in [0, 0.05) is 18.1 Å². The van der Waals surface area contributed by atoms with Gasteiger partial charge in [0.05, 0.1) is 17.9 Å². The molecule has 2 aliphatic heterocycles. The van der Waals surface area contributed by atoms with E-state index in [1.807, 2.05) is 24.3 Å². The highest BCUT2D eigenvalue weighted by atomic mass is 35.5. The van der Waals surface area contributed by atoms with E-state index < -0.39 is 0 Å². The number of carbonyl (C=O) groups excluding carboxylic acids is 2. The Morgan fingerprint density at radius 1 is 1.03 bits per heavy atom. The van der Waals surface area contributed by atoms with E-state index in [9.17, 15) is 9.59 Å². The van der Waals surface area contributed by atoms with Gasteiger partial charge in [-0.2, -0.15) is 0 Å². The smallest absolute Gasteiger partial charge is 0.282 e. The molecule has 0 saturated carbocycles. The molecule has 2 aliphatic rings. The van der Waals surface area contributed by atoms with Gasteiger partial charge in [-0.25, -0.2) is 4.90 Å². The average molecular weight is 439 g/mol. The number of anilines is 1. The van der Waals surface area contributed by atoms with Crippen molar-refractivity contribution in [2.45, 2.75) is 33.1 Å². The Morgan fingerprint density at radius 2 is 1.74 bits per heavy atom. The summed E-state index contributed by atoms with van der Waals surface area (Å²) in [6.07, 6.45) is 3.06. The number of halogens is 1. The van der Waals surface area contributed by atoms with Gasteiger partial charge < -0.3 is 9.64 Å². The van der Waals surface area contributed by atoms with Crippen LogP contribution in [0.15, 0.2) is 54.2 Å². The number of ether oxygens (including phenoxy) is 1. The van der Waals surface area contributed by atoms with E-state index in [4.69, 9.17) is 16.3 Å².